The van der Waals surface area contributed by atoms with Gasteiger partial charge in [0.2, 0.25) is 0 Å². The Morgan fingerprint density at radius 2 is 2.25 bits per heavy atom. The number of hydrogen-bond acceptors (Lipinski definition) is 3. The SMILES string of the molecule is CNCCC#Cc1cc(F)cc([N+](=O)[O-])c1. The Bertz CT molecular complexity index is 449. The summed E-state index contributed by atoms with van der Waals surface area (Å²) >= 11 is 0. The fourth-order valence-electron chi connectivity index (χ4n) is 1.10. The number of nitrogens with zero attached hydrogens (tertiary/aromatic N) is 1. The molecule has 4 nitrogen and oxygen atoms in total. The van der Waals surface area contributed by atoms with E-state index in [0.29, 0.717) is 12.0 Å². The first-order chi connectivity index (χ1) is 7.63. The topological polar surface area (TPSA) is 55.2 Å². The molecule has 0 atom stereocenters. The highest BCUT2D eigenvalue weighted by Gasteiger charge is 2.08. The largest absolute Gasteiger partial charge is 0.319 e. The van der Waals surface area contributed by atoms with Crippen molar-refractivity contribution >= 4 is 5.69 Å². The Morgan fingerprint density at radius 1 is 1.50 bits per heavy atom. The van der Waals surface area contributed by atoms with Crippen LogP contribution in [0.1, 0.15) is 12.0 Å². The molecular formula is C11H11FN2O2. The van der Waals surface area contributed by atoms with E-state index >= 15 is 0 Å². The fourth-order valence-corrected chi connectivity index (χ4v) is 1.10. The minimum Gasteiger partial charge on any atom is -0.319 e. The summed E-state index contributed by atoms with van der Waals surface area (Å²) in [7, 11) is 1.80. The Labute approximate surface area is 92.6 Å². The number of nitro benzene ring substituents is 1. The maximum atomic E-state index is 13.0. The molecule has 1 N–H and O–H groups in total. The van der Waals surface area contributed by atoms with Gasteiger partial charge in [-0.1, -0.05) is 11.8 Å². The first-order valence-electron chi connectivity index (χ1n) is 4.72. The number of non-ortho nitro benzene ring substituents is 1. The number of nitrogens with one attached hydrogen (secondary N) is 1. The Balaban J connectivity index is 2.86. The van der Waals surface area contributed by atoms with E-state index in [1.54, 1.807) is 7.05 Å². The van der Waals surface area contributed by atoms with Gasteiger partial charge >= 0.3 is 0 Å². The average molecular weight is 222 g/mol. The van der Waals surface area contributed by atoms with E-state index in [2.05, 4.69) is 17.2 Å². The van der Waals surface area contributed by atoms with Crippen LogP contribution in [0.2, 0.25) is 0 Å². The zero-order valence-corrected chi connectivity index (χ0v) is 8.79. The highest BCUT2D eigenvalue weighted by atomic mass is 19.1. The van der Waals surface area contributed by atoms with Crippen LogP contribution in [0.5, 0.6) is 0 Å². The van der Waals surface area contributed by atoms with Gasteiger partial charge in [-0.25, -0.2) is 4.39 Å². The molecule has 5 heteroatoms. The Hall–Kier alpha value is -1.93. The van der Waals surface area contributed by atoms with Gasteiger partial charge in [-0.15, -0.1) is 0 Å². The van der Waals surface area contributed by atoms with Gasteiger partial charge in [0.05, 0.1) is 11.0 Å². The molecule has 84 valence electrons. The Morgan fingerprint density at radius 3 is 2.88 bits per heavy atom. The van der Waals surface area contributed by atoms with Crippen LogP contribution in [-0.4, -0.2) is 18.5 Å². The van der Waals surface area contributed by atoms with Gasteiger partial charge < -0.3 is 5.32 Å². The van der Waals surface area contributed by atoms with E-state index in [4.69, 9.17) is 0 Å². The van der Waals surface area contributed by atoms with Crippen LogP contribution >= 0.6 is 0 Å². The van der Waals surface area contributed by atoms with Gasteiger partial charge in [-0.05, 0) is 13.1 Å². The van der Waals surface area contributed by atoms with Crippen LogP contribution in [0.15, 0.2) is 18.2 Å². The standard InChI is InChI=1S/C11H11FN2O2/c1-13-5-3-2-4-9-6-10(12)8-11(7-9)14(15)16/h6-8,13H,3,5H2,1H3. The number of nitro groups is 1. The van der Waals surface area contributed by atoms with Crippen molar-refractivity contribution in [1.29, 1.82) is 0 Å². The maximum absolute atomic E-state index is 13.0. The third kappa shape index (κ3) is 3.67. The molecule has 1 aromatic rings. The third-order valence-electron chi connectivity index (χ3n) is 1.83. The van der Waals surface area contributed by atoms with Crippen molar-refractivity contribution in [2.75, 3.05) is 13.6 Å². The number of halogens is 1. The predicted molar refractivity (Wildman–Crippen MR) is 58.5 cm³/mol. The van der Waals surface area contributed by atoms with E-state index in [1.807, 2.05) is 0 Å². The van der Waals surface area contributed by atoms with Gasteiger partial charge in [0.1, 0.15) is 5.82 Å². The average Bonchev–Trinajstić information content (AvgIpc) is 2.23. The van der Waals surface area contributed by atoms with E-state index in [9.17, 15) is 14.5 Å². The molecule has 0 unspecified atom stereocenters. The zero-order valence-electron chi connectivity index (χ0n) is 8.79. The molecule has 1 aromatic carbocycles. The monoisotopic (exact) mass is 222 g/mol. The minimum absolute atomic E-state index is 0.280. The Kier molecular flexibility index (Phi) is 4.42. The summed E-state index contributed by atoms with van der Waals surface area (Å²) in [5.41, 5.74) is 0.0423. The molecule has 0 aliphatic carbocycles. The quantitative estimate of drug-likeness (QED) is 0.366. The van der Waals surface area contributed by atoms with Crippen LogP contribution in [0, 0.1) is 27.8 Å². The van der Waals surface area contributed by atoms with Crippen molar-refractivity contribution in [2.24, 2.45) is 0 Å². The van der Waals surface area contributed by atoms with Gasteiger partial charge in [0.15, 0.2) is 0 Å². The summed E-state index contributed by atoms with van der Waals surface area (Å²) in [5, 5.41) is 13.4. The molecule has 1 rings (SSSR count). The molecule has 0 aliphatic heterocycles. The van der Waals surface area contributed by atoms with Crippen LogP contribution in [0.3, 0.4) is 0 Å². The van der Waals surface area contributed by atoms with Gasteiger partial charge in [-0.2, -0.15) is 0 Å². The van der Waals surface area contributed by atoms with Crippen molar-refractivity contribution in [1.82, 2.24) is 5.32 Å². The molecule has 0 saturated carbocycles. The van der Waals surface area contributed by atoms with Crippen LogP contribution in [-0.2, 0) is 0 Å². The predicted octanol–water partition coefficient (Wildman–Crippen LogP) is 1.69. The fraction of sp³-hybridized carbons (Fsp3) is 0.273. The van der Waals surface area contributed by atoms with Crippen molar-refractivity contribution in [3.05, 3.63) is 39.7 Å². The van der Waals surface area contributed by atoms with Crippen molar-refractivity contribution in [3.8, 4) is 11.8 Å². The van der Waals surface area contributed by atoms with Crippen LogP contribution < -0.4 is 5.32 Å². The molecule has 0 radical (unpaired) electrons. The van der Waals surface area contributed by atoms with Crippen molar-refractivity contribution in [3.63, 3.8) is 0 Å². The second-order valence-corrected chi connectivity index (χ2v) is 3.11. The van der Waals surface area contributed by atoms with E-state index in [0.717, 1.165) is 12.6 Å². The lowest BCUT2D eigenvalue weighted by Crippen LogP contribution is -2.05. The first kappa shape index (κ1) is 12.1. The number of benzene rings is 1. The van der Waals surface area contributed by atoms with Crippen molar-refractivity contribution < 1.29 is 9.31 Å². The van der Waals surface area contributed by atoms with E-state index < -0.39 is 10.7 Å². The van der Waals surface area contributed by atoms with E-state index in [-0.39, 0.29) is 5.69 Å². The summed E-state index contributed by atoms with van der Waals surface area (Å²) in [6.07, 6.45) is 0.612. The minimum atomic E-state index is -0.646. The normalized spacial score (nSPS) is 9.38. The lowest BCUT2D eigenvalue weighted by Gasteiger charge is -1.94. The molecule has 0 aromatic heterocycles. The van der Waals surface area contributed by atoms with Crippen LogP contribution in [0.4, 0.5) is 10.1 Å². The summed E-state index contributed by atoms with van der Waals surface area (Å²) in [6, 6.07) is 3.31. The van der Waals surface area contributed by atoms with Crippen molar-refractivity contribution in [2.45, 2.75) is 6.42 Å². The number of hydrogen-bond donors (Lipinski definition) is 1. The van der Waals surface area contributed by atoms with Crippen LogP contribution in [0.25, 0.3) is 0 Å². The molecule has 0 aliphatic rings. The summed E-state index contributed by atoms with van der Waals surface area (Å²) in [4.78, 5) is 9.83. The van der Waals surface area contributed by atoms with Gasteiger partial charge in [0, 0.05) is 24.6 Å². The second kappa shape index (κ2) is 5.83. The zero-order chi connectivity index (χ0) is 12.0. The molecule has 0 fully saturated rings. The van der Waals surface area contributed by atoms with Gasteiger partial charge in [-0.3, -0.25) is 10.1 Å². The van der Waals surface area contributed by atoms with Gasteiger partial charge in [0.25, 0.3) is 5.69 Å². The molecule has 0 saturated heterocycles. The summed E-state index contributed by atoms with van der Waals surface area (Å²) in [6.45, 7) is 0.727. The highest BCUT2D eigenvalue weighted by molar-refractivity contribution is 5.43. The summed E-state index contributed by atoms with van der Waals surface area (Å²) in [5.74, 6) is 4.83. The van der Waals surface area contributed by atoms with E-state index in [1.165, 1.54) is 12.1 Å². The summed E-state index contributed by atoms with van der Waals surface area (Å²) < 4.78 is 13.0. The maximum Gasteiger partial charge on any atom is 0.273 e. The number of rotatable bonds is 3. The second-order valence-electron chi connectivity index (χ2n) is 3.11. The molecule has 0 heterocycles. The molecule has 0 spiro atoms. The third-order valence-corrected chi connectivity index (χ3v) is 1.83. The molecule has 0 amide bonds. The lowest BCUT2D eigenvalue weighted by molar-refractivity contribution is -0.385. The molecular weight excluding hydrogens is 211 g/mol. The first-order valence-corrected chi connectivity index (χ1v) is 4.72. The molecule has 16 heavy (non-hydrogen) atoms. The highest BCUT2D eigenvalue weighted by Crippen LogP contribution is 2.15. The molecule has 0 bridgehead atoms. The lowest BCUT2D eigenvalue weighted by atomic mass is 10.2. The smallest absolute Gasteiger partial charge is 0.273 e.